The molecule has 116 valence electrons. The molecule has 1 saturated heterocycles. The average molecular weight is 308 g/mol. The standard InChI is InChI=1S/C16H24N2O2S/c1-11-10-21-15(17-11)14-5-3-4-8-18(14)16(19)12(2)20-9-13-6-7-13/h10,12-14H,3-9H2,1-2H3/t12-,14+/m1/s1. The molecule has 2 aliphatic rings. The largest absolute Gasteiger partial charge is 0.368 e. The molecule has 2 fully saturated rings. The van der Waals surface area contributed by atoms with Crippen molar-refractivity contribution in [2.45, 2.75) is 58.1 Å². The Morgan fingerprint density at radius 3 is 2.95 bits per heavy atom. The van der Waals surface area contributed by atoms with Crippen molar-refractivity contribution in [3.8, 4) is 0 Å². The van der Waals surface area contributed by atoms with Crippen molar-refractivity contribution in [2.24, 2.45) is 5.92 Å². The van der Waals surface area contributed by atoms with Crippen LogP contribution in [0.25, 0.3) is 0 Å². The van der Waals surface area contributed by atoms with Gasteiger partial charge in [0, 0.05) is 17.6 Å². The second-order valence-corrected chi connectivity index (χ2v) is 7.18. The van der Waals surface area contributed by atoms with E-state index in [1.807, 2.05) is 18.7 Å². The van der Waals surface area contributed by atoms with Crippen LogP contribution in [0, 0.1) is 12.8 Å². The third kappa shape index (κ3) is 3.64. The van der Waals surface area contributed by atoms with Gasteiger partial charge in [-0.1, -0.05) is 0 Å². The minimum absolute atomic E-state index is 0.133. The lowest BCUT2D eigenvalue weighted by Gasteiger charge is -2.36. The summed E-state index contributed by atoms with van der Waals surface area (Å²) in [7, 11) is 0. The molecule has 4 nitrogen and oxygen atoms in total. The Morgan fingerprint density at radius 2 is 2.29 bits per heavy atom. The number of nitrogens with zero attached hydrogens (tertiary/aromatic N) is 2. The summed E-state index contributed by atoms with van der Waals surface area (Å²) in [6, 6.07) is 0.150. The van der Waals surface area contributed by atoms with E-state index < -0.39 is 0 Å². The van der Waals surface area contributed by atoms with E-state index in [0.29, 0.717) is 5.92 Å². The molecule has 0 radical (unpaired) electrons. The number of amides is 1. The van der Waals surface area contributed by atoms with E-state index in [-0.39, 0.29) is 18.1 Å². The summed E-state index contributed by atoms with van der Waals surface area (Å²) in [4.78, 5) is 19.3. The van der Waals surface area contributed by atoms with Crippen molar-refractivity contribution in [3.63, 3.8) is 0 Å². The predicted octanol–water partition coefficient (Wildman–Crippen LogP) is 3.32. The molecule has 2 heterocycles. The Labute approximate surface area is 130 Å². The Kier molecular flexibility index (Phi) is 4.60. The maximum Gasteiger partial charge on any atom is 0.252 e. The fourth-order valence-electron chi connectivity index (χ4n) is 2.85. The molecule has 1 aromatic heterocycles. The number of ether oxygens (including phenoxy) is 1. The van der Waals surface area contributed by atoms with E-state index in [4.69, 9.17) is 4.74 Å². The van der Waals surface area contributed by atoms with Crippen LogP contribution in [-0.2, 0) is 9.53 Å². The Balaban J connectivity index is 1.66. The molecule has 1 aliphatic carbocycles. The average Bonchev–Trinajstić information content (AvgIpc) is 3.24. The number of aromatic nitrogens is 1. The van der Waals surface area contributed by atoms with Gasteiger partial charge in [0.25, 0.3) is 5.91 Å². The number of rotatable bonds is 5. The number of carbonyl (C=O) groups excluding carboxylic acids is 1. The first kappa shape index (κ1) is 15.0. The third-order valence-electron chi connectivity index (χ3n) is 4.33. The number of hydrogen-bond acceptors (Lipinski definition) is 4. The number of aryl methyl sites for hydroxylation is 1. The summed E-state index contributed by atoms with van der Waals surface area (Å²) in [6.07, 6.45) is 5.46. The zero-order valence-electron chi connectivity index (χ0n) is 12.9. The molecule has 0 bridgehead atoms. The second kappa shape index (κ2) is 6.44. The molecule has 1 aliphatic heterocycles. The van der Waals surface area contributed by atoms with Crippen LogP contribution in [0.5, 0.6) is 0 Å². The van der Waals surface area contributed by atoms with Gasteiger partial charge in [-0.2, -0.15) is 0 Å². The fraction of sp³-hybridized carbons (Fsp3) is 0.750. The number of carbonyl (C=O) groups is 1. The molecule has 0 spiro atoms. The van der Waals surface area contributed by atoms with Crippen LogP contribution in [0.4, 0.5) is 0 Å². The molecule has 1 amide bonds. The van der Waals surface area contributed by atoms with Crippen molar-refractivity contribution in [1.82, 2.24) is 9.88 Å². The van der Waals surface area contributed by atoms with E-state index in [0.717, 1.165) is 36.7 Å². The van der Waals surface area contributed by atoms with Gasteiger partial charge in [-0.3, -0.25) is 4.79 Å². The molecule has 2 atom stereocenters. The van der Waals surface area contributed by atoms with Crippen LogP contribution in [-0.4, -0.2) is 35.0 Å². The third-order valence-corrected chi connectivity index (χ3v) is 5.40. The summed E-state index contributed by atoms with van der Waals surface area (Å²) >= 11 is 1.67. The lowest BCUT2D eigenvalue weighted by molar-refractivity contribution is -0.147. The van der Waals surface area contributed by atoms with Gasteiger partial charge < -0.3 is 9.64 Å². The highest BCUT2D eigenvalue weighted by molar-refractivity contribution is 7.09. The number of thiazole rings is 1. The molecule has 21 heavy (non-hydrogen) atoms. The van der Waals surface area contributed by atoms with Crippen molar-refractivity contribution in [3.05, 3.63) is 16.1 Å². The van der Waals surface area contributed by atoms with Crippen LogP contribution in [0.2, 0.25) is 0 Å². The SMILES string of the molecule is Cc1csc([C@@H]2CCCCN2C(=O)[C@@H](C)OCC2CC2)n1. The van der Waals surface area contributed by atoms with Gasteiger partial charge in [0.05, 0.1) is 12.6 Å². The normalized spacial score (nSPS) is 24.1. The van der Waals surface area contributed by atoms with Crippen LogP contribution >= 0.6 is 11.3 Å². The topological polar surface area (TPSA) is 42.4 Å². The maximum absolute atomic E-state index is 12.7. The van der Waals surface area contributed by atoms with Gasteiger partial charge in [0.1, 0.15) is 11.1 Å². The Bertz CT molecular complexity index is 498. The first-order valence-electron chi connectivity index (χ1n) is 7.99. The van der Waals surface area contributed by atoms with E-state index in [9.17, 15) is 4.79 Å². The van der Waals surface area contributed by atoms with Crippen LogP contribution in [0.3, 0.4) is 0 Å². The van der Waals surface area contributed by atoms with Crippen LogP contribution in [0.1, 0.15) is 55.8 Å². The monoisotopic (exact) mass is 308 g/mol. The lowest BCUT2D eigenvalue weighted by atomic mass is 10.0. The van der Waals surface area contributed by atoms with Crippen molar-refractivity contribution in [1.29, 1.82) is 0 Å². The van der Waals surface area contributed by atoms with Crippen LogP contribution in [0.15, 0.2) is 5.38 Å². The number of piperidine rings is 1. The predicted molar refractivity (Wildman–Crippen MR) is 83.3 cm³/mol. The maximum atomic E-state index is 12.7. The molecule has 1 aromatic rings. The summed E-state index contributed by atoms with van der Waals surface area (Å²) in [5.41, 5.74) is 1.05. The summed E-state index contributed by atoms with van der Waals surface area (Å²) in [6.45, 7) is 5.47. The highest BCUT2D eigenvalue weighted by atomic mass is 32.1. The molecule has 0 N–H and O–H groups in total. The van der Waals surface area contributed by atoms with Gasteiger partial charge in [-0.15, -0.1) is 11.3 Å². The lowest BCUT2D eigenvalue weighted by Crippen LogP contribution is -2.44. The van der Waals surface area contributed by atoms with Crippen molar-refractivity contribution >= 4 is 17.2 Å². The minimum Gasteiger partial charge on any atom is -0.368 e. The Hall–Kier alpha value is -0.940. The zero-order chi connectivity index (χ0) is 14.8. The molecular weight excluding hydrogens is 284 g/mol. The first-order valence-corrected chi connectivity index (χ1v) is 8.87. The van der Waals surface area contributed by atoms with E-state index >= 15 is 0 Å². The van der Waals surface area contributed by atoms with E-state index in [1.54, 1.807) is 11.3 Å². The highest BCUT2D eigenvalue weighted by Gasteiger charge is 2.33. The second-order valence-electron chi connectivity index (χ2n) is 6.29. The van der Waals surface area contributed by atoms with E-state index in [1.165, 1.54) is 19.3 Å². The molecule has 0 unspecified atom stereocenters. The van der Waals surface area contributed by atoms with E-state index in [2.05, 4.69) is 10.4 Å². The smallest absolute Gasteiger partial charge is 0.252 e. The Morgan fingerprint density at radius 1 is 1.48 bits per heavy atom. The molecule has 0 aromatic carbocycles. The first-order chi connectivity index (χ1) is 10.1. The fourth-order valence-corrected chi connectivity index (χ4v) is 3.79. The molecule has 3 rings (SSSR count). The number of hydrogen-bond donors (Lipinski definition) is 0. The summed E-state index contributed by atoms with van der Waals surface area (Å²) in [5.74, 6) is 0.826. The van der Waals surface area contributed by atoms with Crippen LogP contribution < -0.4 is 0 Å². The summed E-state index contributed by atoms with van der Waals surface area (Å²) in [5, 5.41) is 3.15. The van der Waals surface area contributed by atoms with Gasteiger partial charge in [0.15, 0.2) is 0 Å². The minimum atomic E-state index is -0.327. The highest BCUT2D eigenvalue weighted by Crippen LogP contribution is 2.34. The van der Waals surface area contributed by atoms with Crippen molar-refractivity contribution in [2.75, 3.05) is 13.2 Å². The van der Waals surface area contributed by atoms with Gasteiger partial charge in [-0.05, 0) is 51.9 Å². The molecular formula is C16H24N2O2S. The molecule has 1 saturated carbocycles. The van der Waals surface area contributed by atoms with Gasteiger partial charge in [0.2, 0.25) is 0 Å². The van der Waals surface area contributed by atoms with Crippen molar-refractivity contribution < 1.29 is 9.53 Å². The number of likely N-dealkylation sites (tertiary alicyclic amines) is 1. The molecule has 5 heteroatoms. The quantitative estimate of drug-likeness (QED) is 0.838. The van der Waals surface area contributed by atoms with Gasteiger partial charge >= 0.3 is 0 Å². The van der Waals surface area contributed by atoms with Gasteiger partial charge in [-0.25, -0.2) is 4.98 Å². The zero-order valence-corrected chi connectivity index (χ0v) is 13.7. The summed E-state index contributed by atoms with van der Waals surface area (Å²) < 4.78 is 5.76.